The molecule has 0 aliphatic rings. The number of nitrogens with one attached hydrogen (secondary N) is 3. The molecule has 308 valence electrons. The van der Waals surface area contributed by atoms with Crippen molar-refractivity contribution in [3.8, 4) is 5.75 Å². The molecule has 4 N–H and O–H groups in total. The van der Waals surface area contributed by atoms with Crippen molar-refractivity contribution in [2.75, 3.05) is 0 Å². The normalized spacial score (nSPS) is 12.2. The Hall–Kier alpha value is -4.06. The first-order valence-corrected chi connectivity index (χ1v) is 23.5. The van der Waals surface area contributed by atoms with Gasteiger partial charge in [-0.15, -0.1) is 0 Å². The Kier molecular flexibility index (Phi) is 14.1. The summed E-state index contributed by atoms with van der Waals surface area (Å²) in [6, 6.07) is 30.3. The van der Waals surface area contributed by atoms with Gasteiger partial charge in [0, 0.05) is 46.1 Å². The molecular formula is C41H34Cl4FN3O7S3. The van der Waals surface area contributed by atoms with E-state index in [1.54, 1.807) is 54.6 Å². The highest BCUT2D eigenvalue weighted by Crippen LogP contribution is 2.32. The highest BCUT2D eigenvalue weighted by atomic mass is 35.5. The molecule has 0 aliphatic carbocycles. The zero-order chi connectivity index (χ0) is 42.5. The first kappa shape index (κ1) is 44.5. The van der Waals surface area contributed by atoms with Crippen LogP contribution in [0.1, 0.15) is 38.9 Å². The van der Waals surface area contributed by atoms with Crippen molar-refractivity contribution < 1.29 is 34.8 Å². The van der Waals surface area contributed by atoms with Gasteiger partial charge < -0.3 is 5.11 Å². The van der Waals surface area contributed by atoms with Gasteiger partial charge in [0.15, 0.2) is 0 Å². The highest BCUT2D eigenvalue weighted by molar-refractivity contribution is 7.90. The van der Waals surface area contributed by atoms with E-state index in [0.717, 1.165) is 5.56 Å². The Balaban J connectivity index is 1.21. The van der Waals surface area contributed by atoms with Crippen molar-refractivity contribution in [2.24, 2.45) is 0 Å². The van der Waals surface area contributed by atoms with Crippen LogP contribution in [0.15, 0.2) is 136 Å². The minimum atomic E-state index is -4.30. The Morgan fingerprint density at radius 2 is 0.797 bits per heavy atom. The third-order valence-electron chi connectivity index (χ3n) is 8.96. The van der Waals surface area contributed by atoms with E-state index in [4.69, 9.17) is 46.4 Å². The summed E-state index contributed by atoms with van der Waals surface area (Å²) in [5, 5.41) is 12.1. The molecule has 0 saturated heterocycles. The Labute approximate surface area is 362 Å². The molecule has 0 aliphatic heterocycles. The molecule has 6 aromatic rings. The molecule has 6 aromatic carbocycles. The Bertz CT molecular complexity index is 2790. The van der Waals surface area contributed by atoms with Crippen LogP contribution in [-0.2, 0) is 62.5 Å². The predicted octanol–water partition coefficient (Wildman–Crippen LogP) is 8.76. The molecule has 18 heteroatoms. The molecule has 0 fully saturated rings. The largest absolute Gasteiger partial charge is 0.506 e. The summed E-state index contributed by atoms with van der Waals surface area (Å²) in [6.45, 7) is -0.233. The van der Waals surface area contributed by atoms with E-state index in [1.165, 1.54) is 66.7 Å². The molecule has 0 spiro atoms. The number of phenols is 1. The lowest BCUT2D eigenvalue weighted by atomic mass is 9.97. The minimum absolute atomic E-state index is 0.0281. The third kappa shape index (κ3) is 12.0. The SMILES string of the molecule is O=S(=O)(NCc1ccc(Cc2cc(Cc3ccc(CNS(=O)(=O)c4cc(Cl)cc(Cl)c4)cc3)c(O)c(S(=O)(=O)NCc3ccc(F)cc3)c2)cc1)c1cc(Cl)cc(Cl)c1. The molecule has 6 rings (SSSR count). The molecule has 0 heterocycles. The van der Waals surface area contributed by atoms with Crippen LogP contribution in [-0.4, -0.2) is 30.4 Å². The smallest absolute Gasteiger partial charge is 0.244 e. The van der Waals surface area contributed by atoms with Crippen LogP contribution in [0.2, 0.25) is 20.1 Å². The fourth-order valence-electron chi connectivity index (χ4n) is 5.93. The molecule has 59 heavy (non-hydrogen) atoms. The van der Waals surface area contributed by atoms with E-state index in [0.29, 0.717) is 33.4 Å². The van der Waals surface area contributed by atoms with E-state index < -0.39 is 41.6 Å². The maximum atomic E-state index is 13.7. The van der Waals surface area contributed by atoms with Crippen LogP contribution in [0.4, 0.5) is 4.39 Å². The average molecular weight is 938 g/mol. The van der Waals surface area contributed by atoms with Gasteiger partial charge in [0.1, 0.15) is 16.5 Å². The fraction of sp³-hybridized carbons (Fsp3) is 0.122. The van der Waals surface area contributed by atoms with Crippen LogP contribution in [0, 0.1) is 5.82 Å². The van der Waals surface area contributed by atoms with Gasteiger partial charge in [-0.25, -0.2) is 43.8 Å². The maximum absolute atomic E-state index is 13.7. The summed E-state index contributed by atoms with van der Waals surface area (Å²) in [4.78, 5) is -0.516. The fourth-order valence-corrected chi connectivity index (χ4v) is 10.6. The molecule has 0 aromatic heterocycles. The van der Waals surface area contributed by atoms with Gasteiger partial charge >= 0.3 is 0 Å². The molecule has 0 atom stereocenters. The number of aromatic hydroxyl groups is 1. The number of phenolic OH excluding ortho intramolecular Hbond substituents is 1. The van der Waals surface area contributed by atoms with Crippen molar-refractivity contribution >= 4 is 76.5 Å². The van der Waals surface area contributed by atoms with E-state index in [2.05, 4.69) is 14.2 Å². The molecule has 0 bridgehead atoms. The molecule has 0 unspecified atom stereocenters. The monoisotopic (exact) mass is 935 g/mol. The van der Waals surface area contributed by atoms with Gasteiger partial charge in [-0.05, 0) is 100.0 Å². The second-order valence-electron chi connectivity index (χ2n) is 13.4. The van der Waals surface area contributed by atoms with Crippen molar-refractivity contribution in [3.05, 3.63) is 186 Å². The highest BCUT2D eigenvalue weighted by Gasteiger charge is 2.23. The van der Waals surface area contributed by atoms with Crippen LogP contribution in [0.3, 0.4) is 0 Å². The molecule has 0 radical (unpaired) electrons. The number of sulfonamides is 3. The second kappa shape index (κ2) is 18.7. The van der Waals surface area contributed by atoms with Gasteiger partial charge in [0.05, 0.1) is 9.79 Å². The Morgan fingerprint density at radius 1 is 0.441 bits per heavy atom. The van der Waals surface area contributed by atoms with E-state index >= 15 is 0 Å². The van der Waals surface area contributed by atoms with Crippen molar-refractivity contribution in [2.45, 2.75) is 47.2 Å². The van der Waals surface area contributed by atoms with E-state index in [-0.39, 0.29) is 67.3 Å². The third-order valence-corrected chi connectivity index (χ3v) is 14.0. The minimum Gasteiger partial charge on any atom is -0.506 e. The lowest BCUT2D eigenvalue weighted by molar-refractivity contribution is 0.451. The molecule has 0 saturated carbocycles. The van der Waals surface area contributed by atoms with E-state index in [9.17, 15) is 34.8 Å². The maximum Gasteiger partial charge on any atom is 0.244 e. The standard InChI is InChI=1S/C41H34Cl4FN3O7S3/c42-33-17-34(43)20-38(19-33)57(51,52)47-23-28-5-1-26(2-6-28)13-31-15-32(41(50)40(16-31)59(55,56)49-25-30-9-11-37(46)12-10-30)14-27-3-7-29(8-4-27)24-48-58(53,54)39-21-35(44)18-36(45)22-39/h1-12,15-22,47-50H,13-14,23-25H2. The van der Waals surface area contributed by atoms with Crippen LogP contribution < -0.4 is 14.2 Å². The lowest BCUT2D eigenvalue weighted by Crippen LogP contribution is -2.24. The first-order chi connectivity index (χ1) is 27.8. The lowest BCUT2D eigenvalue weighted by Gasteiger charge is -2.15. The van der Waals surface area contributed by atoms with Crippen molar-refractivity contribution in [3.63, 3.8) is 0 Å². The average Bonchev–Trinajstić information content (AvgIpc) is 3.17. The van der Waals surface area contributed by atoms with Gasteiger partial charge in [-0.1, -0.05) is 113 Å². The van der Waals surface area contributed by atoms with Gasteiger partial charge in [-0.3, -0.25) is 0 Å². The summed E-state index contributed by atoms with van der Waals surface area (Å²) < 4.78 is 99.8. The van der Waals surface area contributed by atoms with Crippen molar-refractivity contribution in [1.82, 2.24) is 14.2 Å². The summed E-state index contributed by atoms with van der Waals surface area (Å²) in [7, 11) is -12.2. The topological polar surface area (TPSA) is 159 Å². The van der Waals surface area contributed by atoms with Gasteiger partial charge in [0.2, 0.25) is 30.1 Å². The number of hydrogen-bond donors (Lipinski definition) is 4. The number of benzene rings is 6. The Morgan fingerprint density at radius 3 is 1.22 bits per heavy atom. The number of rotatable bonds is 16. The molecule has 10 nitrogen and oxygen atoms in total. The van der Waals surface area contributed by atoms with Gasteiger partial charge in [-0.2, -0.15) is 0 Å². The molecular weight excluding hydrogens is 903 g/mol. The zero-order valence-corrected chi connectivity index (χ0v) is 36.1. The quantitative estimate of drug-likeness (QED) is 0.0756. The van der Waals surface area contributed by atoms with Crippen molar-refractivity contribution in [1.29, 1.82) is 0 Å². The second-order valence-corrected chi connectivity index (χ2v) is 20.4. The summed E-state index contributed by atoms with van der Waals surface area (Å²) >= 11 is 23.9. The zero-order valence-electron chi connectivity index (χ0n) is 30.6. The number of halogens is 5. The van der Waals surface area contributed by atoms with Crippen LogP contribution >= 0.6 is 46.4 Å². The van der Waals surface area contributed by atoms with Crippen LogP contribution in [0.25, 0.3) is 0 Å². The summed E-state index contributed by atoms with van der Waals surface area (Å²) in [6.07, 6.45) is 0.363. The van der Waals surface area contributed by atoms with Crippen LogP contribution in [0.5, 0.6) is 5.75 Å². The first-order valence-electron chi connectivity index (χ1n) is 17.5. The summed E-state index contributed by atoms with van der Waals surface area (Å²) in [5.41, 5.74) is 4.10. The van der Waals surface area contributed by atoms with Gasteiger partial charge in [0.25, 0.3) is 0 Å². The summed E-state index contributed by atoms with van der Waals surface area (Å²) in [5.74, 6) is -0.929. The van der Waals surface area contributed by atoms with E-state index in [1.807, 2.05) is 0 Å². The predicted molar refractivity (Wildman–Crippen MR) is 228 cm³/mol. The molecule has 0 amide bonds. The number of hydrogen-bond acceptors (Lipinski definition) is 7.